The fourth-order valence-electron chi connectivity index (χ4n) is 4.88. The number of halogens is 1. The molecule has 2 aliphatic rings. The molecule has 1 unspecified atom stereocenters. The Hall–Kier alpha value is -1.96. The number of likely N-dealkylation sites (N-methyl/N-ethyl adjacent to an activating group) is 1. The van der Waals surface area contributed by atoms with E-state index in [1.165, 1.54) is 0 Å². The molecule has 2 aromatic rings. The summed E-state index contributed by atoms with van der Waals surface area (Å²) in [6, 6.07) is 15.7. The van der Waals surface area contributed by atoms with Gasteiger partial charge in [0, 0.05) is 24.4 Å². The Labute approximate surface area is 206 Å². The van der Waals surface area contributed by atoms with E-state index < -0.39 is 11.4 Å². The van der Waals surface area contributed by atoms with Crippen LogP contribution < -0.4 is 5.32 Å². The zero-order valence-electron chi connectivity index (χ0n) is 20.3. The number of hydrogen-bond acceptors (Lipinski definition) is 5. The first-order chi connectivity index (χ1) is 16.2. The van der Waals surface area contributed by atoms with Gasteiger partial charge in [0.05, 0.1) is 25.4 Å². The van der Waals surface area contributed by atoms with E-state index in [1.54, 1.807) is 0 Å². The average Bonchev–Trinajstić information content (AvgIpc) is 3.10. The summed E-state index contributed by atoms with van der Waals surface area (Å²) in [4.78, 5) is 13.4. The van der Waals surface area contributed by atoms with Gasteiger partial charge >= 0.3 is 0 Å². The molecule has 0 spiro atoms. The Morgan fingerprint density at radius 2 is 1.82 bits per heavy atom. The van der Waals surface area contributed by atoms with Crippen molar-refractivity contribution in [2.24, 2.45) is 0 Å². The molecule has 184 valence electrons. The maximum absolute atomic E-state index is 13.4. The first-order valence-corrected chi connectivity index (χ1v) is 12.3. The number of amides is 1. The van der Waals surface area contributed by atoms with Crippen LogP contribution in [0.5, 0.6) is 0 Å². The van der Waals surface area contributed by atoms with Crippen LogP contribution >= 0.6 is 11.6 Å². The van der Waals surface area contributed by atoms with Gasteiger partial charge in [0.15, 0.2) is 11.4 Å². The molecule has 0 aromatic heterocycles. The van der Waals surface area contributed by atoms with Crippen molar-refractivity contribution in [1.29, 1.82) is 0 Å². The third-order valence-corrected chi connectivity index (χ3v) is 6.59. The van der Waals surface area contributed by atoms with Crippen LogP contribution in [0.25, 0.3) is 0 Å². The Bertz CT molecular complexity index is 1010. The largest absolute Gasteiger partial charge is 0.371 e. The Balaban J connectivity index is 1.59. The Morgan fingerprint density at radius 1 is 1.09 bits per heavy atom. The highest BCUT2D eigenvalue weighted by Crippen LogP contribution is 2.44. The summed E-state index contributed by atoms with van der Waals surface area (Å²) in [6.45, 7) is 8.91. The minimum atomic E-state index is -1.09. The fraction of sp³-hybridized carbons (Fsp3) is 0.519. The third-order valence-electron chi connectivity index (χ3n) is 6.35. The summed E-state index contributed by atoms with van der Waals surface area (Å²) in [5, 5.41) is 3.63. The zero-order chi connectivity index (χ0) is 24.3. The predicted molar refractivity (Wildman–Crippen MR) is 130 cm³/mol. The molecule has 1 N–H and O–H groups in total. The molecule has 34 heavy (non-hydrogen) atoms. The maximum atomic E-state index is 13.4. The molecule has 7 heteroatoms. The quantitative estimate of drug-likeness (QED) is 0.571. The number of ether oxygens (including phenoxy) is 4. The average molecular weight is 488 g/mol. The van der Waals surface area contributed by atoms with Crippen molar-refractivity contribution < 1.29 is 23.7 Å². The van der Waals surface area contributed by atoms with Gasteiger partial charge in [-0.05, 0) is 51.0 Å². The highest BCUT2D eigenvalue weighted by molar-refractivity contribution is 6.30. The summed E-state index contributed by atoms with van der Waals surface area (Å²) in [7, 11) is 0. The van der Waals surface area contributed by atoms with Crippen molar-refractivity contribution in [3.8, 4) is 0 Å². The molecular formula is C27H34ClNO5. The second-order valence-corrected chi connectivity index (χ2v) is 10.1. The SMILES string of the molecule is CCNC(=O)[C@@]1(OCc2cccc(C)c2)CC(OCc2cccc(Cl)c2)[C@@H]2OC(C)(C)O[C@@H]2C1. The molecule has 1 aliphatic heterocycles. The molecule has 1 aliphatic carbocycles. The van der Waals surface area contributed by atoms with Crippen LogP contribution in [0.15, 0.2) is 48.5 Å². The van der Waals surface area contributed by atoms with E-state index in [4.69, 9.17) is 30.5 Å². The zero-order valence-corrected chi connectivity index (χ0v) is 21.1. The second-order valence-electron chi connectivity index (χ2n) is 9.66. The molecule has 6 nitrogen and oxygen atoms in total. The van der Waals surface area contributed by atoms with Gasteiger partial charge in [0.2, 0.25) is 0 Å². The molecule has 1 saturated heterocycles. The summed E-state index contributed by atoms with van der Waals surface area (Å²) in [6.07, 6.45) is -0.242. The van der Waals surface area contributed by atoms with Gasteiger partial charge in [-0.25, -0.2) is 0 Å². The number of nitrogens with one attached hydrogen (secondary N) is 1. The number of fused-ring (bicyclic) bond motifs is 1. The van der Waals surface area contributed by atoms with E-state index in [1.807, 2.05) is 70.2 Å². The maximum Gasteiger partial charge on any atom is 0.252 e. The Kier molecular flexibility index (Phi) is 7.65. The highest BCUT2D eigenvalue weighted by Gasteiger charge is 2.57. The Morgan fingerprint density at radius 3 is 2.53 bits per heavy atom. The monoisotopic (exact) mass is 487 g/mol. The predicted octanol–water partition coefficient (Wildman–Crippen LogP) is 4.94. The molecule has 1 saturated carbocycles. The topological polar surface area (TPSA) is 66.0 Å². The van der Waals surface area contributed by atoms with Crippen LogP contribution in [-0.2, 0) is 37.0 Å². The molecule has 0 radical (unpaired) electrons. The van der Waals surface area contributed by atoms with E-state index in [-0.39, 0.29) is 24.2 Å². The summed E-state index contributed by atoms with van der Waals surface area (Å²) in [5.41, 5.74) is 2.03. The second kappa shape index (κ2) is 10.3. The van der Waals surface area contributed by atoms with Gasteiger partial charge in [-0.1, -0.05) is 53.6 Å². The lowest BCUT2D eigenvalue weighted by Gasteiger charge is -2.43. The lowest BCUT2D eigenvalue weighted by Crippen LogP contribution is -2.60. The van der Waals surface area contributed by atoms with E-state index in [0.29, 0.717) is 37.6 Å². The fourth-order valence-corrected chi connectivity index (χ4v) is 5.10. The lowest BCUT2D eigenvalue weighted by atomic mass is 9.78. The van der Waals surface area contributed by atoms with E-state index in [0.717, 1.165) is 16.7 Å². The van der Waals surface area contributed by atoms with Gasteiger partial charge in [0.25, 0.3) is 5.91 Å². The van der Waals surface area contributed by atoms with Crippen molar-refractivity contribution in [2.75, 3.05) is 6.54 Å². The third kappa shape index (κ3) is 5.81. The number of rotatable bonds is 8. The van der Waals surface area contributed by atoms with Crippen molar-refractivity contribution in [3.63, 3.8) is 0 Å². The molecule has 4 atom stereocenters. The van der Waals surface area contributed by atoms with Gasteiger partial charge < -0.3 is 24.3 Å². The van der Waals surface area contributed by atoms with Crippen LogP contribution in [0.1, 0.15) is 50.3 Å². The minimum Gasteiger partial charge on any atom is -0.371 e. The smallest absolute Gasteiger partial charge is 0.252 e. The standard InChI is InChI=1S/C27H34ClNO5/c1-5-29-25(30)27(32-17-19-9-6-8-18(2)12-19)14-22(24-23(15-27)33-26(3,4)34-24)31-16-20-10-7-11-21(28)13-20/h6-13,22-24H,5,14-17H2,1-4H3,(H,29,30)/t22?,23-,24+,27-/m1/s1. The van der Waals surface area contributed by atoms with Crippen LogP contribution in [0, 0.1) is 6.92 Å². The summed E-state index contributed by atoms with van der Waals surface area (Å²) in [5.74, 6) is -0.910. The van der Waals surface area contributed by atoms with E-state index in [9.17, 15) is 4.79 Å². The number of aryl methyl sites for hydroxylation is 1. The molecule has 2 aromatic carbocycles. The molecule has 0 bridgehead atoms. The molecule has 1 amide bonds. The van der Waals surface area contributed by atoms with Crippen LogP contribution in [0.3, 0.4) is 0 Å². The minimum absolute atomic E-state index is 0.147. The number of benzene rings is 2. The number of carbonyl (C=O) groups excluding carboxylic acids is 1. The van der Waals surface area contributed by atoms with E-state index in [2.05, 4.69) is 11.4 Å². The van der Waals surface area contributed by atoms with Crippen molar-refractivity contribution in [1.82, 2.24) is 5.32 Å². The van der Waals surface area contributed by atoms with Crippen LogP contribution in [-0.4, -0.2) is 42.2 Å². The normalized spacial score (nSPS) is 27.9. The van der Waals surface area contributed by atoms with Crippen molar-refractivity contribution >= 4 is 17.5 Å². The van der Waals surface area contributed by atoms with E-state index >= 15 is 0 Å². The van der Waals surface area contributed by atoms with Crippen molar-refractivity contribution in [3.05, 3.63) is 70.2 Å². The molecule has 2 fully saturated rings. The van der Waals surface area contributed by atoms with Crippen LogP contribution in [0.4, 0.5) is 0 Å². The van der Waals surface area contributed by atoms with Gasteiger partial charge in [0.1, 0.15) is 6.10 Å². The molecule has 4 rings (SSSR count). The van der Waals surface area contributed by atoms with Crippen LogP contribution in [0.2, 0.25) is 5.02 Å². The summed E-state index contributed by atoms with van der Waals surface area (Å²) >= 11 is 6.15. The lowest BCUT2D eigenvalue weighted by molar-refractivity contribution is -0.183. The molecule has 1 heterocycles. The van der Waals surface area contributed by atoms with Gasteiger partial charge in [-0.3, -0.25) is 4.79 Å². The first-order valence-electron chi connectivity index (χ1n) is 11.9. The first kappa shape index (κ1) is 25.1. The summed E-state index contributed by atoms with van der Waals surface area (Å²) < 4.78 is 25.3. The van der Waals surface area contributed by atoms with Gasteiger partial charge in [-0.15, -0.1) is 0 Å². The van der Waals surface area contributed by atoms with Crippen molar-refractivity contribution in [2.45, 2.75) is 83.5 Å². The van der Waals surface area contributed by atoms with Gasteiger partial charge in [-0.2, -0.15) is 0 Å². The number of hydrogen-bond donors (Lipinski definition) is 1. The molecular weight excluding hydrogens is 454 g/mol. The number of carbonyl (C=O) groups is 1. The highest BCUT2D eigenvalue weighted by atomic mass is 35.5.